The molecule has 0 amide bonds. The summed E-state index contributed by atoms with van der Waals surface area (Å²) >= 11 is 1.62. The lowest BCUT2D eigenvalue weighted by atomic mass is 10.1. The van der Waals surface area contributed by atoms with Crippen LogP contribution in [0.1, 0.15) is 23.1 Å². The van der Waals surface area contributed by atoms with Gasteiger partial charge >= 0.3 is 0 Å². The number of nitrogens with one attached hydrogen (secondary N) is 1. The Labute approximate surface area is 151 Å². The summed E-state index contributed by atoms with van der Waals surface area (Å²) < 4.78 is 33.5. The van der Waals surface area contributed by atoms with E-state index < -0.39 is 10.0 Å². The Morgan fingerprint density at radius 1 is 1.24 bits per heavy atom. The van der Waals surface area contributed by atoms with Gasteiger partial charge in [-0.2, -0.15) is 0 Å². The van der Waals surface area contributed by atoms with Crippen LogP contribution in [0.15, 0.2) is 51.2 Å². The average Bonchev–Trinajstić information content (AvgIpc) is 3.26. The van der Waals surface area contributed by atoms with Gasteiger partial charge < -0.3 is 4.52 Å². The molecule has 132 valence electrons. The minimum absolute atomic E-state index is 0.299. The molecule has 1 aromatic carbocycles. The molecular weight excluding hydrogens is 356 g/mol. The van der Waals surface area contributed by atoms with Gasteiger partial charge in [0.2, 0.25) is 10.0 Å². The summed E-state index contributed by atoms with van der Waals surface area (Å²) in [6, 6.07) is 11.1. The fourth-order valence-corrected chi connectivity index (χ4v) is 4.67. The van der Waals surface area contributed by atoms with Crippen LogP contribution in [0, 0.1) is 6.92 Å². The molecule has 3 rings (SSSR count). The number of hydrogen-bond donors (Lipinski definition) is 1. The lowest BCUT2D eigenvalue weighted by Gasteiger charge is -2.11. The van der Waals surface area contributed by atoms with Crippen molar-refractivity contribution in [3.8, 4) is 11.3 Å². The van der Waals surface area contributed by atoms with E-state index in [4.69, 9.17) is 4.52 Å². The first-order valence-corrected chi connectivity index (χ1v) is 10.4. The molecule has 0 spiro atoms. The summed E-state index contributed by atoms with van der Waals surface area (Å²) in [7, 11) is -3.59. The van der Waals surface area contributed by atoms with Crippen LogP contribution in [0.5, 0.6) is 0 Å². The molecule has 2 heterocycles. The molecular formula is C18H20N2O3S2. The maximum absolute atomic E-state index is 12.8. The summed E-state index contributed by atoms with van der Waals surface area (Å²) in [5.74, 6) is 0.565. The third-order valence-electron chi connectivity index (χ3n) is 3.89. The number of nitrogens with zero attached hydrogens (tertiary/aromatic N) is 1. The fraction of sp³-hybridized carbons (Fsp3) is 0.278. The van der Waals surface area contributed by atoms with Gasteiger partial charge in [-0.05, 0) is 42.8 Å². The molecule has 0 aliphatic rings. The van der Waals surface area contributed by atoms with E-state index in [0.29, 0.717) is 35.6 Å². The van der Waals surface area contributed by atoms with Gasteiger partial charge in [0.05, 0.1) is 10.6 Å². The minimum atomic E-state index is -3.59. The van der Waals surface area contributed by atoms with Crippen molar-refractivity contribution in [2.45, 2.75) is 31.6 Å². The molecule has 0 saturated carbocycles. The number of sulfonamides is 1. The normalized spacial score (nSPS) is 11.8. The standard InChI is InChI=1S/C18H20N2O3S2/c1-3-14-6-7-15(17-11-13(2)20-23-17)12-18(14)25(21,22)19-9-8-16-5-4-10-24-16/h4-7,10-12,19H,3,8-9H2,1-2H3. The zero-order valence-corrected chi connectivity index (χ0v) is 15.8. The molecule has 0 atom stereocenters. The van der Waals surface area contributed by atoms with Crippen molar-refractivity contribution in [1.29, 1.82) is 0 Å². The van der Waals surface area contributed by atoms with Crippen molar-refractivity contribution in [3.05, 3.63) is 57.9 Å². The molecule has 5 nitrogen and oxygen atoms in total. The summed E-state index contributed by atoms with van der Waals surface area (Å²) in [6.45, 7) is 4.15. The zero-order valence-electron chi connectivity index (χ0n) is 14.2. The number of hydrogen-bond acceptors (Lipinski definition) is 5. The molecule has 1 N–H and O–H groups in total. The maximum Gasteiger partial charge on any atom is 0.240 e. The van der Waals surface area contributed by atoms with Crippen LogP contribution >= 0.6 is 11.3 Å². The van der Waals surface area contributed by atoms with Crippen molar-refractivity contribution >= 4 is 21.4 Å². The number of aromatic nitrogens is 1. The van der Waals surface area contributed by atoms with Crippen molar-refractivity contribution < 1.29 is 12.9 Å². The molecule has 0 bridgehead atoms. The summed E-state index contributed by atoms with van der Waals surface area (Å²) in [4.78, 5) is 1.46. The summed E-state index contributed by atoms with van der Waals surface area (Å²) in [5, 5.41) is 5.85. The van der Waals surface area contributed by atoms with E-state index in [1.807, 2.05) is 43.5 Å². The predicted octanol–water partition coefficient (Wildman–Crippen LogP) is 3.79. The highest BCUT2D eigenvalue weighted by Gasteiger charge is 2.19. The van der Waals surface area contributed by atoms with E-state index in [1.165, 1.54) is 0 Å². The van der Waals surface area contributed by atoms with Gasteiger partial charge in [-0.1, -0.05) is 30.3 Å². The molecule has 0 saturated heterocycles. The molecule has 0 unspecified atom stereocenters. The van der Waals surface area contributed by atoms with Gasteiger partial charge in [0, 0.05) is 23.1 Å². The molecule has 0 radical (unpaired) electrons. The Bertz CT molecular complexity index is 945. The van der Waals surface area contributed by atoms with Gasteiger partial charge in [0.1, 0.15) is 0 Å². The minimum Gasteiger partial charge on any atom is -0.356 e. The second-order valence-electron chi connectivity index (χ2n) is 5.74. The van der Waals surface area contributed by atoms with E-state index in [-0.39, 0.29) is 0 Å². The van der Waals surface area contributed by atoms with Crippen molar-refractivity contribution in [1.82, 2.24) is 9.88 Å². The van der Waals surface area contributed by atoms with Crippen molar-refractivity contribution in [2.75, 3.05) is 6.54 Å². The third kappa shape index (κ3) is 4.18. The van der Waals surface area contributed by atoms with Crippen LogP contribution in [-0.4, -0.2) is 20.1 Å². The smallest absolute Gasteiger partial charge is 0.240 e. The van der Waals surface area contributed by atoms with E-state index in [0.717, 1.165) is 16.1 Å². The largest absolute Gasteiger partial charge is 0.356 e. The molecule has 2 aromatic heterocycles. The first kappa shape index (κ1) is 17.8. The first-order valence-electron chi connectivity index (χ1n) is 8.08. The molecule has 0 fully saturated rings. The van der Waals surface area contributed by atoms with Gasteiger partial charge in [0.25, 0.3) is 0 Å². The van der Waals surface area contributed by atoms with Crippen LogP contribution in [0.25, 0.3) is 11.3 Å². The highest BCUT2D eigenvalue weighted by atomic mass is 32.2. The van der Waals surface area contributed by atoms with Crippen LogP contribution in [-0.2, 0) is 22.9 Å². The summed E-state index contributed by atoms with van der Waals surface area (Å²) in [6.07, 6.45) is 1.32. The van der Waals surface area contributed by atoms with Gasteiger partial charge in [-0.15, -0.1) is 11.3 Å². The Morgan fingerprint density at radius 3 is 2.72 bits per heavy atom. The van der Waals surface area contributed by atoms with Crippen LogP contribution in [0.2, 0.25) is 0 Å². The molecule has 0 aliphatic heterocycles. The Hall–Kier alpha value is -1.96. The number of benzene rings is 1. The topological polar surface area (TPSA) is 72.2 Å². The van der Waals surface area contributed by atoms with Crippen LogP contribution in [0.4, 0.5) is 0 Å². The molecule has 3 aromatic rings. The second-order valence-corrected chi connectivity index (χ2v) is 8.50. The highest BCUT2D eigenvalue weighted by molar-refractivity contribution is 7.89. The lowest BCUT2D eigenvalue weighted by molar-refractivity contribution is 0.427. The highest BCUT2D eigenvalue weighted by Crippen LogP contribution is 2.26. The SMILES string of the molecule is CCc1ccc(-c2cc(C)no2)cc1S(=O)(=O)NCCc1cccs1. The van der Waals surface area contributed by atoms with E-state index in [2.05, 4.69) is 9.88 Å². The Morgan fingerprint density at radius 2 is 2.08 bits per heavy atom. The number of thiophene rings is 1. The zero-order chi connectivity index (χ0) is 17.9. The van der Waals surface area contributed by atoms with Gasteiger partial charge in [0.15, 0.2) is 5.76 Å². The second kappa shape index (κ2) is 7.51. The van der Waals surface area contributed by atoms with E-state index in [1.54, 1.807) is 23.5 Å². The Balaban J connectivity index is 1.85. The molecule has 0 aliphatic carbocycles. The number of rotatable bonds is 7. The predicted molar refractivity (Wildman–Crippen MR) is 99.3 cm³/mol. The van der Waals surface area contributed by atoms with Crippen LogP contribution in [0.3, 0.4) is 0 Å². The lowest BCUT2D eigenvalue weighted by Crippen LogP contribution is -2.26. The fourth-order valence-electron chi connectivity index (χ4n) is 2.59. The average molecular weight is 377 g/mol. The third-order valence-corrected chi connectivity index (χ3v) is 6.37. The van der Waals surface area contributed by atoms with Gasteiger partial charge in [-0.25, -0.2) is 13.1 Å². The molecule has 7 heteroatoms. The van der Waals surface area contributed by atoms with Crippen molar-refractivity contribution in [3.63, 3.8) is 0 Å². The Kier molecular flexibility index (Phi) is 5.36. The van der Waals surface area contributed by atoms with Crippen molar-refractivity contribution in [2.24, 2.45) is 0 Å². The van der Waals surface area contributed by atoms with Gasteiger partial charge in [-0.3, -0.25) is 0 Å². The maximum atomic E-state index is 12.8. The van der Waals surface area contributed by atoms with E-state index in [9.17, 15) is 8.42 Å². The van der Waals surface area contributed by atoms with E-state index >= 15 is 0 Å². The number of aryl methyl sites for hydroxylation is 2. The monoisotopic (exact) mass is 376 g/mol. The molecule has 25 heavy (non-hydrogen) atoms. The van der Waals surface area contributed by atoms with Crippen LogP contribution < -0.4 is 4.72 Å². The summed E-state index contributed by atoms with van der Waals surface area (Å²) in [5.41, 5.74) is 2.24. The first-order chi connectivity index (χ1) is 12.0. The quantitative estimate of drug-likeness (QED) is 0.681.